The lowest BCUT2D eigenvalue weighted by Gasteiger charge is -2.26. The molecule has 0 aliphatic carbocycles. The van der Waals surface area contributed by atoms with E-state index in [1.54, 1.807) is 0 Å². The van der Waals surface area contributed by atoms with E-state index in [0.717, 1.165) is 21.5 Å². The number of hydroxylamine groups is 2. The monoisotopic (exact) mass is 545 g/mol. The number of aromatic nitrogens is 4. The molecule has 1 N–H and O–H groups in total. The van der Waals surface area contributed by atoms with Crippen LogP contribution in [0.2, 0.25) is 10.0 Å². The number of hydrogen-bond donors (Lipinski definition) is 1. The summed E-state index contributed by atoms with van der Waals surface area (Å²) in [4.78, 5) is 49.2. The van der Waals surface area contributed by atoms with Gasteiger partial charge in [0.15, 0.2) is 0 Å². The predicted molar refractivity (Wildman–Crippen MR) is 139 cm³/mol. The number of H-pyrrole nitrogens is 1. The van der Waals surface area contributed by atoms with E-state index < -0.39 is 16.7 Å². The van der Waals surface area contributed by atoms with E-state index in [1.165, 1.54) is 37.6 Å². The van der Waals surface area contributed by atoms with Crippen LogP contribution in [0, 0.1) is 0 Å². The van der Waals surface area contributed by atoms with Gasteiger partial charge < -0.3 is 0 Å². The van der Waals surface area contributed by atoms with Crippen molar-refractivity contribution in [2.75, 3.05) is 14.2 Å². The molecule has 0 atom stereocenters. The molecule has 186 valence electrons. The van der Waals surface area contributed by atoms with Gasteiger partial charge in [-0.2, -0.15) is 9.78 Å². The second kappa shape index (κ2) is 9.98. The molecular weight excluding hydrogens is 525 g/mol. The van der Waals surface area contributed by atoms with Gasteiger partial charge in [0.25, 0.3) is 11.5 Å². The molecule has 0 fully saturated rings. The van der Waals surface area contributed by atoms with Crippen molar-refractivity contribution >= 4 is 40.4 Å². The van der Waals surface area contributed by atoms with Crippen LogP contribution in [0.25, 0.3) is 16.9 Å². The van der Waals surface area contributed by atoms with Crippen molar-refractivity contribution in [3.05, 3.63) is 95.0 Å². The Kier molecular flexibility index (Phi) is 7.14. The zero-order valence-corrected chi connectivity index (χ0v) is 22.0. The highest BCUT2D eigenvalue weighted by Crippen LogP contribution is 2.44. The maximum absolute atomic E-state index is 13.1. The molecule has 0 saturated carbocycles. The van der Waals surface area contributed by atoms with E-state index in [0.29, 0.717) is 21.1 Å². The predicted octanol–water partition coefficient (Wildman–Crippen LogP) is 4.31. The topological polar surface area (TPSA) is 110 Å². The molecule has 0 spiro atoms. The zero-order valence-electron chi connectivity index (χ0n) is 19.7. The minimum absolute atomic E-state index is 0.265. The van der Waals surface area contributed by atoms with Crippen LogP contribution in [0.5, 0.6) is 0 Å². The van der Waals surface area contributed by atoms with Gasteiger partial charge >= 0.3 is 5.69 Å². The van der Waals surface area contributed by atoms with Crippen molar-refractivity contribution < 1.29 is 9.63 Å². The third-order valence-corrected chi connectivity index (χ3v) is 7.54. The van der Waals surface area contributed by atoms with Gasteiger partial charge in [0.2, 0.25) is 0 Å². The Labute approximate surface area is 219 Å². The van der Waals surface area contributed by atoms with Crippen molar-refractivity contribution in [2.45, 2.75) is 19.3 Å². The number of hydrogen-bond acceptors (Lipinski definition) is 7. The molecule has 0 bridgehead atoms. The Morgan fingerprint density at radius 2 is 1.78 bits per heavy atom. The van der Waals surface area contributed by atoms with Gasteiger partial charge in [0.05, 0.1) is 18.5 Å². The molecule has 9 nitrogen and oxygen atoms in total. The first-order valence-electron chi connectivity index (χ1n) is 10.6. The van der Waals surface area contributed by atoms with Crippen LogP contribution in [0.1, 0.15) is 34.1 Å². The normalized spacial score (nSPS) is 11.5. The molecule has 0 aliphatic heterocycles. The molecule has 1 amide bonds. The molecule has 0 saturated heterocycles. The first kappa shape index (κ1) is 25.8. The summed E-state index contributed by atoms with van der Waals surface area (Å²) in [5.41, 5.74) is -0.0284. The largest absolute Gasteiger partial charge is 0.349 e. The number of nitrogens with zero attached hydrogens (tertiary/aromatic N) is 4. The average Bonchev–Trinajstić information content (AvgIpc) is 3.29. The lowest BCUT2D eigenvalue weighted by atomic mass is 9.85. The molecule has 12 heteroatoms. The molecule has 0 radical (unpaired) electrons. The lowest BCUT2D eigenvalue weighted by molar-refractivity contribution is -0.0753. The van der Waals surface area contributed by atoms with Crippen LogP contribution < -0.4 is 11.2 Å². The highest BCUT2D eigenvalue weighted by atomic mass is 35.5. The van der Waals surface area contributed by atoms with Crippen molar-refractivity contribution in [3.63, 3.8) is 0 Å². The number of halogens is 2. The molecule has 0 unspecified atom stereocenters. The highest BCUT2D eigenvalue weighted by Gasteiger charge is 2.35. The van der Waals surface area contributed by atoms with Crippen molar-refractivity contribution in [1.29, 1.82) is 0 Å². The summed E-state index contributed by atoms with van der Waals surface area (Å²) < 4.78 is 0.990. The number of benzene rings is 2. The zero-order chi connectivity index (χ0) is 26.2. The summed E-state index contributed by atoms with van der Waals surface area (Å²) in [6.07, 6.45) is 0.983. The Bertz CT molecular complexity index is 1540. The Hall–Kier alpha value is -3.31. The number of carbonyl (C=O) groups is 1. The van der Waals surface area contributed by atoms with Gasteiger partial charge in [-0.1, -0.05) is 53.5 Å². The van der Waals surface area contributed by atoms with Crippen LogP contribution >= 0.6 is 34.5 Å². The van der Waals surface area contributed by atoms with Crippen LogP contribution in [0.4, 0.5) is 0 Å². The smallest absolute Gasteiger partial charge is 0.274 e. The van der Waals surface area contributed by atoms with Crippen LogP contribution in [-0.2, 0) is 10.3 Å². The quantitative estimate of drug-likeness (QED) is 0.361. The van der Waals surface area contributed by atoms with Gasteiger partial charge in [-0.25, -0.2) is 14.8 Å². The Morgan fingerprint density at radius 3 is 2.36 bits per heavy atom. The van der Waals surface area contributed by atoms with Crippen molar-refractivity contribution in [3.8, 4) is 16.9 Å². The molecule has 36 heavy (non-hydrogen) atoms. The van der Waals surface area contributed by atoms with E-state index in [2.05, 4.69) is 10.1 Å². The maximum Gasteiger partial charge on any atom is 0.349 e. The molecule has 2 aromatic carbocycles. The standard InChI is InChI=1S/C24H21Cl2N5O4S/c1-24(2,18-15(25)10-14(11-16(18)26)31-23(34)28-17(32)12-27-31)22-29-19(13-8-6-5-7-9-13)20(36-22)21(33)30(3)35-4/h5-12H,1-4H3,(H,28,32,34). The maximum atomic E-state index is 13.1. The first-order valence-corrected chi connectivity index (χ1v) is 12.2. The molecule has 4 aromatic rings. The molecule has 2 heterocycles. The molecule has 2 aromatic heterocycles. The number of rotatable bonds is 6. The Balaban J connectivity index is 1.86. The van der Waals surface area contributed by atoms with Gasteiger partial charge in [-0.15, -0.1) is 11.3 Å². The summed E-state index contributed by atoms with van der Waals surface area (Å²) in [6, 6.07) is 12.4. The Morgan fingerprint density at radius 1 is 1.14 bits per heavy atom. The minimum Gasteiger partial charge on any atom is -0.274 e. The number of carbonyl (C=O) groups excluding carboxylic acids is 1. The van der Waals surface area contributed by atoms with Crippen molar-refractivity contribution in [2.24, 2.45) is 0 Å². The molecule has 4 rings (SSSR count). The summed E-state index contributed by atoms with van der Waals surface area (Å²) in [5, 5.41) is 6.12. The SMILES string of the molecule is CON(C)C(=O)c1sc(C(C)(C)c2c(Cl)cc(-n3ncc(=O)[nH]c3=O)cc2Cl)nc1-c1ccccc1. The van der Waals surface area contributed by atoms with Gasteiger partial charge in [-0.05, 0) is 26.0 Å². The van der Waals surface area contributed by atoms with E-state index in [1.807, 2.05) is 44.2 Å². The number of nitrogens with one attached hydrogen (secondary N) is 1. The van der Waals surface area contributed by atoms with Gasteiger partial charge in [-0.3, -0.25) is 19.4 Å². The molecule has 0 aliphatic rings. The second-order valence-electron chi connectivity index (χ2n) is 8.31. The number of thiazole rings is 1. The highest BCUT2D eigenvalue weighted by molar-refractivity contribution is 7.14. The van der Waals surface area contributed by atoms with Crippen LogP contribution in [-0.4, -0.2) is 44.9 Å². The fourth-order valence-electron chi connectivity index (χ4n) is 3.67. The lowest BCUT2D eigenvalue weighted by Crippen LogP contribution is -2.30. The van der Waals surface area contributed by atoms with Gasteiger partial charge in [0.1, 0.15) is 16.1 Å². The fraction of sp³-hybridized carbons (Fsp3) is 0.208. The second-order valence-corrected chi connectivity index (χ2v) is 10.1. The first-order chi connectivity index (χ1) is 17.0. The van der Waals surface area contributed by atoms with Crippen LogP contribution in [0.3, 0.4) is 0 Å². The van der Waals surface area contributed by atoms with E-state index >= 15 is 0 Å². The van der Waals surface area contributed by atoms with E-state index in [9.17, 15) is 14.4 Å². The summed E-state index contributed by atoms with van der Waals surface area (Å²) in [5.74, 6) is -0.341. The van der Waals surface area contributed by atoms with E-state index in [-0.39, 0.29) is 21.6 Å². The van der Waals surface area contributed by atoms with Crippen LogP contribution in [0.15, 0.2) is 58.3 Å². The minimum atomic E-state index is -0.825. The summed E-state index contributed by atoms with van der Waals surface area (Å²) in [7, 11) is 2.94. The third kappa shape index (κ3) is 4.72. The average molecular weight is 546 g/mol. The third-order valence-electron chi connectivity index (χ3n) is 5.57. The fourth-order valence-corrected chi connectivity index (χ4v) is 5.78. The molecular formula is C24H21Cl2N5O4S. The number of amides is 1. The summed E-state index contributed by atoms with van der Waals surface area (Å²) >= 11 is 14.6. The van der Waals surface area contributed by atoms with E-state index in [4.69, 9.17) is 33.0 Å². The number of aromatic amines is 1. The summed E-state index contributed by atoms with van der Waals surface area (Å²) in [6.45, 7) is 3.79. The van der Waals surface area contributed by atoms with Gasteiger partial charge in [0, 0.05) is 33.6 Å². The van der Waals surface area contributed by atoms with Crippen molar-refractivity contribution in [1.82, 2.24) is 24.8 Å².